The number of hydrogen-bond donors (Lipinski definition) is 1. The number of hydrogen-bond acceptors (Lipinski definition) is 9. The molecule has 0 aromatic heterocycles. The van der Waals surface area contributed by atoms with Crippen LogP contribution in [0.15, 0.2) is 24.3 Å². The number of benzene rings is 1. The predicted octanol–water partition coefficient (Wildman–Crippen LogP) is 14.9. The molecule has 1 rings (SSSR count). The zero-order valence-electron chi connectivity index (χ0n) is 45.2. The highest BCUT2D eigenvalue weighted by molar-refractivity contribution is 5.70. The number of carbonyl (C=O) groups is 3. The summed E-state index contributed by atoms with van der Waals surface area (Å²) >= 11 is 0. The van der Waals surface area contributed by atoms with Crippen LogP contribution in [0.3, 0.4) is 0 Å². The molecular weight excluding hydrogens is 849 g/mol. The molecule has 0 radical (unpaired) electrons. The molecule has 0 saturated heterocycles. The number of aliphatic hydroxyl groups excluding tert-OH is 1. The molecule has 9 heteroatoms. The van der Waals surface area contributed by atoms with Crippen molar-refractivity contribution in [1.82, 2.24) is 9.80 Å². The lowest BCUT2D eigenvalue weighted by molar-refractivity contribution is -0.149. The largest absolute Gasteiger partial charge is 0.465 e. The van der Waals surface area contributed by atoms with E-state index in [1.807, 2.05) is 0 Å². The Kier molecular flexibility index (Phi) is 43.8. The monoisotopic (exact) mass is 957 g/mol. The summed E-state index contributed by atoms with van der Waals surface area (Å²) in [5.74, 6) is 0.181. The fourth-order valence-corrected chi connectivity index (χ4v) is 9.11. The lowest BCUT2D eigenvalue weighted by Gasteiger charge is -2.25. The van der Waals surface area contributed by atoms with Gasteiger partial charge in [-0.25, -0.2) is 0 Å². The first kappa shape index (κ1) is 63.5. The molecule has 0 bridgehead atoms. The maximum Gasteiger partial charge on any atom is 0.305 e. The standard InChI is InChI=1S/C59H108N2O7/c1-6-10-14-18-21-24-34-55(33-23-17-13-9-4)50-66-57(63)38-27-22-29-43-60(47-48-62)44-31-32-46-61(49-54-41-39-53(5)40-42-54)45-30-28-35-56(51-67-58(64)36-25-19-15-11-7-2)52-68-59(65)37-26-20-16-12-8-3/h39-42,55-56,62H,6-38,43-52H2,1-5H3. The van der Waals surface area contributed by atoms with Crippen molar-refractivity contribution in [2.45, 2.75) is 253 Å². The Morgan fingerprint density at radius 1 is 0.426 bits per heavy atom. The first-order valence-corrected chi connectivity index (χ1v) is 28.8. The highest BCUT2D eigenvalue weighted by Crippen LogP contribution is 2.21. The van der Waals surface area contributed by atoms with Gasteiger partial charge in [-0.1, -0.05) is 186 Å². The summed E-state index contributed by atoms with van der Waals surface area (Å²) in [6, 6.07) is 8.86. The smallest absolute Gasteiger partial charge is 0.305 e. The van der Waals surface area contributed by atoms with Crippen molar-refractivity contribution in [1.29, 1.82) is 0 Å². The van der Waals surface area contributed by atoms with Crippen LogP contribution in [-0.2, 0) is 35.1 Å². The quantitative estimate of drug-likeness (QED) is 0.0388. The van der Waals surface area contributed by atoms with E-state index in [-0.39, 0.29) is 30.4 Å². The van der Waals surface area contributed by atoms with E-state index in [0.29, 0.717) is 51.5 Å². The van der Waals surface area contributed by atoms with Crippen LogP contribution < -0.4 is 0 Å². The van der Waals surface area contributed by atoms with Crippen molar-refractivity contribution in [3.63, 3.8) is 0 Å². The summed E-state index contributed by atoms with van der Waals surface area (Å²) in [6.45, 7) is 17.8. The molecule has 1 atom stereocenters. The Balaban J connectivity index is 2.61. The Bertz CT molecular complexity index is 1260. The molecule has 1 unspecified atom stereocenters. The summed E-state index contributed by atoms with van der Waals surface area (Å²) in [7, 11) is 0. The fourth-order valence-electron chi connectivity index (χ4n) is 9.11. The van der Waals surface area contributed by atoms with Crippen LogP contribution in [0.1, 0.15) is 251 Å². The van der Waals surface area contributed by atoms with Crippen molar-refractivity contribution in [3.05, 3.63) is 35.4 Å². The molecule has 0 aliphatic carbocycles. The van der Waals surface area contributed by atoms with Crippen LogP contribution in [0.2, 0.25) is 0 Å². The van der Waals surface area contributed by atoms with Gasteiger partial charge in [-0.2, -0.15) is 0 Å². The van der Waals surface area contributed by atoms with Gasteiger partial charge in [0.25, 0.3) is 0 Å². The fraction of sp³-hybridized carbons (Fsp3) is 0.847. The van der Waals surface area contributed by atoms with Crippen LogP contribution in [0.4, 0.5) is 0 Å². The molecular formula is C59H108N2O7. The summed E-state index contributed by atoms with van der Waals surface area (Å²) < 4.78 is 17.4. The number of rotatable bonds is 50. The van der Waals surface area contributed by atoms with Gasteiger partial charge in [0.05, 0.1) is 26.4 Å². The minimum atomic E-state index is -0.141. The molecule has 0 aliphatic heterocycles. The Hall–Kier alpha value is -2.49. The number of aliphatic hydroxyl groups is 1. The number of nitrogens with zero attached hydrogens (tertiary/aromatic N) is 2. The summed E-state index contributed by atoms with van der Waals surface area (Å²) in [5, 5.41) is 9.87. The van der Waals surface area contributed by atoms with Crippen LogP contribution in [0.25, 0.3) is 0 Å². The van der Waals surface area contributed by atoms with E-state index in [9.17, 15) is 19.5 Å². The lowest BCUT2D eigenvalue weighted by atomic mass is 9.95. The predicted molar refractivity (Wildman–Crippen MR) is 285 cm³/mol. The molecule has 0 spiro atoms. The van der Waals surface area contributed by atoms with Crippen LogP contribution in [0.5, 0.6) is 0 Å². The first-order valence-electron chi connectivity index (χ1n) is 28.8. The van der Waals surface area contributed by atoms with Crippen molar-refractivity contribution >= 4 is 17.9 Å². The van der Waals surface area contributed by atoms with Crippen molar-refractivity contribution in [3.8, 4) is 0 Å². The molecule has 0 amide bonds. The zero-order chi connectivity index (χ0) is 49.6. The third kappa shape index (κ3) is 39.3. The van der Waals surface area contributed by atoms with Gasteiger partial charge in [-0.3, -0.25) is 19.3 Å². The lowest BCUT2D eigenvalue weighted by Crippen LogP contribution is -2.30. The molecule has 0 saturated carbocycles. The Labute approximate surface area is 419 Å². The van der Waals surface area contributed by atoms with Gasteiger partial charge >= 0.3 is 17.9 Å². The van der Waals surface area contributed by atoms with E-state index in [2.05, 4.69) is 68.7 Å². The van der Waals surface area contributed by atoms with Gasteiger partial charge in [0, 0.05) is 38.3 Å². The van der Waals surface area contributed by atoms with E-state index in [1.54, 1.807) is 0 Å². The molecule has 1 N–H and O–H groups in total. The van der Waals surface area contributed by atoms with Crippen molar-refractivity contribution in [2.75, 3.05) is 59.2 Å². The molecule has 68 heavy (non-hydrogen) atoms. The number of unbranched alkanes of at least 4 members (excludes halogenated alkanes) is 20. The normalized spacial score (nSPS) is 12.1. The van der Waals surface area contributed by atoms with Crippen molar-refractivity contribution in [2.24, 2.45) is 11.8 Å². The second-order valence-corrected chi connectivity index (χ2v) is 20.4. The van der Waals surface area contributed by atoms with Crippen molar-refractivity contribution < 1.29 is 33.7 Å². The third-order valence-electron chi connectivity index (χ3n) is 13.7. The molecule has 0 heterocycles. The van der Waals surface area contributed by atoms with E-state index in [4.69, 9.17) is 14.2 Å². The SMILES string of the molecule is CCCCCCCCC(CCCCCC)COC(=O)CCCCCN(CCO)CCCCN(CCCCC(COC(=O)CCCCCCC)COC(=O)CCCCCCC)Cc1ccc(C)cc1. The van der Waals surface area contributed by atoms with Gasteiger partial charge in [0.2, 0.25) is 0 Å². The molecule has 0 fully saturated rings. The minimum absolute atomic E-state index is 0.00200. The number of ether oxygens (including phenoxy) is 3. The molecule has 1 aromatic rings. The molecule has 396 valence electrons. The summed E-state index contributed by atoms with van der Waals surface area (Å²) in [5.41, 5.74) is 2.58. The van der Waals surface area contributed by atoms with E-state index in [0.717, 1.165) is 123 Å². The summed E-state index contributed by atoms with van der Waals surface area (Å²) in [4.78, 5) is 42.9. The maximum atomic E-state index is 12.7. The average Bonchev–Trinajstić information content (AvgIpc) is 3.33. The first-order chi connectivity index (χ1) is 33.2. The van der Waals surface area contributed by atoms with Crippen LogP contribution >= 0.6 is 0 Å². The second-order valence-electron chi connectivity index (χ2n) is 20.4. The summed E-state index contributed by atoms with van der Waals surface area (Å²) in [6.07, 6.45) is 35.4. The van der Waals surface area contributed by atoms with E-state index in [1.165, 1.54) is 114 Å². The van der Waals surface area contributed by atoms with Crippen LogP contribution in [-0.4, -0.2) is 92.0 Å². The van der Waals surface area contributed by atoms with Gasteiger partial charge < -0.3 is 24.2 Å². The highest BCUT2D eigenvalue weighted by Gasteiger charge is 2.17. The second kappa shape index (κ2) is 46.9. The van der Waals surface area contributed by atoms with E-state index >= 15 is 0 Å². The number of aryl methyl sites for hydroxylation is 1. The zero-order valence-corrected chi connectivity index (χ0v) is 45.2. The minimum Gasteiger partial charge on any atom is -0.465 e. The highest BCUT2D eigenvalue weighted by atomic mass is 16.5. The van der Waals surface area contributed by atoms with Gasteiger partial charge in [0.15, 0.2) is 0 Å². The third-order valence-corrected chi connectivity index (χ3v) is 13.7. The van der Waals surface area contributed by atoms with Gasteiger partial charge in [-0.05, 0) is 109 Å². The average molecular weight is 958 g/mol. The number of carbonyl (C=O) groups excluding carboxylic acids is 3. The Morgan fingerprint density at radius 3 is 1.24 bits per heavy atom. The molecule has 9 nitrogen and oxygen atoms in total. The maximum absolute atomic E-state index is 12.7. The van der Waals surface area contributed by atoms with E-state index < -0.39 is 0 Å². The topological polar surface area (TPSA) is 106 Å². The Morgan fingerprint density at radius 2 is 0.765 bits per heavy atom. The molecule has 0 aliphatic rings. The number of esters is 3. The molecule has 1 aromatic carbocycles. The van der Waals surface area contributed by atoms with Crippen LogP contribution in [0, 0.1) is 18.8 Å². The van der Waals surface area contributed by atoms with Gasteiger partial charge in [-0.15, -0.1) is 0 Å². The van der Waals surface area contributed by atoms with Gasteiger partial charge in [0.1, 0.15) is 0 Å².